The fourth-order valence-electron chi connectivity index (χ4n) is 1.55. The Balaban J connectivity index is 2.95. The summed E-state index contributed by atoms with van der Waals surface area (Å²) in [6.45, 7) is 5.69. The molecule has 5 nitrogen and oxygen atoms in total. The van der Waals surface area contributed by atoms with Crippen molar-refractivity contribution in [2.45, 2.75) is 26.4 Å². The van der Waals surface area contributed by atoms with Crippen molar-refractivity contribution in [3.05, 3.63) is 34.2 Å². The number of aromatic amines is 1. The fraction of sp³-hybridized carbons (Fsp3) is 0.500. The van der Waals surface area contributed by atoms with Crippen LogP contribution in [0.4, 0.5) is 0 Å². The first kappa shape index (κ1) is 13.4. The van der Waals surface area contributed by atoms with Gasteiger partial charge in [0.05, 0.1) is 5.60 Å². The highest BCUT2D eigenvalue weighted by atomic mass is 16.3. The minimum atomic E-state index is -0.979. The minimum Gasteiger partial charge on any atom is -0.389 e. The maximum Gasteiger partial charge on any atom is 0.259 e. The lowest BCUT2D eigenvalue weighted by atomic mass is 10.1. The zero-order valence-electron chi connectivity index (χ0n) is 10.4. The lowest BCUT2D eigenvalue weighted by Gasteiger charge is -2.27. The molecule has 0 fully saturated rings. The van der Waals surface area contributed by atoms with Gasteiger partial charge in [-0.05, 0) is 20.8 Å². The van der Waals surface area contributed by atoms with Gasteiger partial charge in [-0.15, -0.1) is 0 Å². The Morgan fingerprint density at radius 3 is 2.65 bits per heavy atom. The van der Waals surface area contributed by atoms with Crippen LogP contribution >= 0.6 is 0 Å². The van der Waals surface area contributed by atoms with Crippen LogP contribution in [0.1, 0.15) is 31.1 Å². The molecule has 0 aliphatic rings. The number of hydrogen-bond donors (Lipinski definition) is 2. The van der Waals surface area contributed by atoms with Crippen molar-refractivity contribution in [1.29, 1.82) is 0 Å². The van der Waals surface area contributed by atoms with Gasteiger partial charge in [0.25, 0.3) is 5.91 Å². The molecule has 17 heavy (non-hydrogen) atoms. The van der Waals surface area contributed by atoms with E-state index in [9.17, 15) is 14.7 Å². The van der Waals surface area contributed by atoms with Crippen LogP contribution in [-0.4, -0.2) is 39.6 Å². The predicted octanol–water partition coefficient (Wildman–Crippen LogP) is 0.608. The number of pyridine rings is 1. The second-order valence-corrected chi connectivity index (χ2v) is 4.55. The number of H-pyrrole nitrogens is 1. The smallest absolute Gasteiger partial charge is 0.259 e. The van der Waals surface area contributed by atoms with Crippen molar-refractivity contribution in [2.24, 2.45) is 0 Å². The van der Waals surface area contributed by atoms with Crippen LogP contribution in [0, 0.1) is 0 Å². The van der Waals surface area contributed by atoms with Crippen LogP contribution in [0.15, 0.2) is 23.3 Å². The van der Waals surface area contributed by atoms with Crippen molar-refractivity contribution in [1.82, 2.24) is 9.88 Å². The molecule has 5 heteroatoms. The number of likely N-dealkylation sites (N-methyl/N-ethyl adjacent to an activating group) is 1. The SMILES string of the molecule is CCN(CC(C)(C)O)C(=O)c1c[nH]ccc1=O. The van der Waals surface area contributed by atoms with Crippen molar-refractivity contribution in [2.75, 3.05) is 13.1 Å². The van der Waals surface area contributed by atoms with Gasteiger partial charge in [0.15, 0.2) is 5.43 Å². The number of hydrogen-bond acceptors (Lipinski definition) is 3. The van der Waals surface area contributed by atoms with Gasteiger partial charge in [0.2, 0.25) is 0 Å². The Kier molecular flexibility index (Phi) is 4.07. The Morgan fingerprint density at radius 1 is 1.53 bits per heavy atom. The molecule has 0 saturated carbocycles. The fourth-order valence-corrected chi connectivity index (χ4v) is 1.55. The highest BCUT2D eigenvalue weighted by Gasteiger charge is 2.23. The largest absolute Gasteiger partial charge is 0.389 e. The number of carbonyl (C=O) groups excluding carboxylic acids is 1. The molecule has 0 bridgehead atoms. The van der Waals surface area contributed by atoms with E-state index in [1.165, 1.54) is 23.4 Å². The van der Waals surface area contributed by atoms with Gasteiger partial charge in [-0.2, -0.15) is 0 Å². The van der Waals surface area contributed by atoms with E-state index >= 15 is 0 Å². The van der Waals surface area contributed by atoms with Gasteiger partial charge < -0.3 is 15.0 Å². The monoisotopic (exact) mass is 238 g/mol. The van der Waals surface area contributed by atoms with Crippen molar-refractivity contribution in [3.63, 3.8) is 0 Å². The number of nitrogens with zero attached hydrogens (tertiary/aromatic N) is 1. The highest BCUT2D eigenvalue weighted by molar-refractivity contribution is 5.93. The Hall–Kier alpha value is -1.62. The van der Waals surface area contributed by atoms with Crippen LogP contribution in [-0.2, 0) is 0 Å². The number of aliphatic hydroxyl groups is 1. The van der Waals surface area contributed by atoms with E-state index in [2.05, 4.69) is 4.98 Å². The van der Waals surface area contributed by atoms with Crippen LogP contribution in [0.3, 0.4) is 0 Å². The molecule has 1 rings (SSSR count). The molecule has 0 spiro atoms. The van der Waals surface area contributed by atoms with Gasteiger partial charge in [-0.1, -0.05) is 0 Å². The van der Waals surface area contributed by atoms with Crippen LogP contribution < -0.4 is 5.43 Å². The molecule has 0 atom stereocenters. The standard InChI is InChI=1S/C12H18N2O3/c1-4-14(8-12(2,3)17)11(16)9-7-13-6-5-10(9)15/h5-7,17H,4,8H2,1-3H3,(H,13,15). The number of carbonyl (C=O) groups is 1. The summed E-state index contributed by atoms with van der Waals surface area (Å²) in [6.07, 6.45) is 2.86. The summed E-state index contributed by atoms with van der Waals surface area (Å²) >= 11 is 0. The van der Waals surface area contributed by atoms with E-state index in [0.29, 0.717) is 6.54 Å². The first-order chi connectivity index (χ1) is 7.85. The quantitative estimate of drug-likeness (QED) is 0.807. The second kappa shape index (κ2) is 5.14. The Bertz CT molecular complexity index is 446. The molecule has 1 heterocycles. The van der Waals surface area contributed by atoms with Gasteiger partial charge in [0, 0.05) is 31.5 Å². The third-order valence-electron chi connectivity index (χ3n) is 2.30. The average Bonchev–Trinajstić information content (AvgIpc) is 2.24. The average molecular weight is 238 g/mol. The van der Waals surface area contributed by atoms with E-state index in [4.69, 9.17) is 0 Å². The first-order valence-electron chi connectivity index (χ1n) is 5.54. The third kappa shape index (κ3) is 3.71. The number of aromatic nitrogens is 1. The van der Waals surface area contributed by atoms with Gasteiger partial charge in [-0.3, -0.25) is 9.59 Å². The molecule has 2 N–H and O–H groups in total. The zero-order chi connectivity index (χ0) is 13.1. The van der Waals surface area contributed by atoms with E-state index in [1.807, 2.05) is 0 Å². The number of amides is 1. The van der Waals surface area contributed by atoms with E-state index < -0.39 is 5.60 Å². The van der Waals surface area contributed by atoms with Crippen molar-refractivity contribution >= 4 is 5.91 Å². The van der Waals surface area contributed by atoms with Crippen LogP contribution in [0.5, 0.6) is 0 Å². The molecular weight excluding hydrogens is 220 g/mol. The summed E-state index contributed by atoms with van der Waals surface area (Å²) in [4.78, 5) is 27.7. The van der Waals surface area contributed by atoms with E-state index in [-0.39, 0.29) is 23.4 Å². The molecule has 0 radical (unpaired) electrons. The molecule has 1 aromatic rings. The molecule has 0 saturated heterocycles. The normalized spacial score (nSPS) is 11.3. The molecule has 94 valence electrons. The first-order valence-corrected chi connectivity index (χ1v) is 5.54. The molecule has 0 aliphatic heterocycles. The summed E-state index contributed by atoms with van der Waals surface area (Å²) in [6, 6.07) is 1.31. The Labute approximate surface area is 100 Å². The van der Waals surface area contributed by atoms with Gasteiger partial charge >= 0.3 is 0 Å². The summed E-state index contributed by atoms with van der Waals surface area (Å²) in [5.41, 5.74) is -1.20. The molecule has 0 unspecified atom stereocenters. The van der Waals surface area contributed by atoms with Gasteiger partial charge in [-0.25, -0.2) is 0 Å². The highest BCUT2D eigenvalue weighted by Crippen LogP contribution is 2.07. The molecular formula is C12H18N2O3. The minimum absolute atomic E-state index is 0.0959. The van der Waals surface area contributed by atoms with Crippen LogP contribution in [0.25, 0.3) is 0 Å². The lowest BCUT2D eigenvalue weighted by Crippen LogP contribution is -2.43. The Morgan fingerprint density at radius 2 is 2.18 bits per heavy atom. The van der Waals surface area contributed by atoms with Crippen molar-refractivity contribution < 1.29 is 9.90 Å². The molecule has 1 amide bonds. The molecule has 1 aromatic heterocycles. The maximum atomic E-state index is 12.1. The van der Waals surface area contributed by atoms with E-state index in [1.54, 1.807) is 20.8 Å². The lowest BCUT2D eigenvalue weighted by molar-refractivity contribution is 0.0314. The summed E-state index contributed by atoms with van der Waals surface area (Å²) in [5, 5.41) is 9.70. The summed E-state index contributed by atoms with van der Waals surface area (Å²) in [5.74, 6) is -0.364. The maximum absolute atomic E-state index is 12.1. The van der Waals surface area contributed by atoms with Crippen LogP contribution in [0.2, 0.25) is 0 Å². The number of rotatable bonds is 4. The molecule has 0 aliphatic carbocycles. The number of nitrogens with one attached hydrogen (secondary N) is 1. The third-order valence-corrected chi connectivity index (χ3v) is 2.30. The summed E-state index contributed by atoms with van der Waals surface area (Å²) in [7, 11) is 0. The van der Waals surface area contributed by atoms with Crippen molar-refractivity contribution in [3.8, 4) is 0 Å². The molecule has 0 aromatic carbocycles. The topological polar surface area (TPSA) is 73.4 Å². The van der Waals surface area contributed by atoms with E-state index in [0.717, 1.165) is 0 Å². The summed E-state index contributed by atoms with van der Waals surface area (Å²) < 4.78 is 0. The second-order valence-electron chi connectivity index (χ2n) is 4.55. The zero-order valence-corrected chi connectivity index (χ0v) is 10.4. The van der Waals surface area contributed by atoms with Gasteiger partial charge in [0.1, 0.15) is 5.56 Å². The predicted molar refractivity (Wildman–Crippen MR) is 64.9 cm³/mol.